The van der Waals surface area contributed by atoms with Crippen molar-refractivity contribution in [3.8, 4) is 11.1 Å². The SMILES string of the molecule is COC(=O)c1sc2cnc([S@@](C)=O)nc2c1-c1ccc(C)nc1. The van der Waals surface area contributed by atoms with Gasteiger partial charge in [0, 0.05) is 35.5 Å². The van der Waals surface area contributed by atoms with Gasteiger partial charge in [-0.25, -0.2) is 14.8 Å². The van der Waals surface area contributed by atoms with Crippen LogP contribution in [0.1, 0.15) is 15.4 Å². The lowest BCUT2D eigenvalue weighted by Gasteiger charge is -2.04. The summed E-state index contributed by atoms with van der Waals surface area (Å²) in [6.07, 6.45) is 4.79. The van der Waals surface area contributed by atoms with E-state index in [4.69, 9.17) is 4.74 Å². The van der Waals surface area contributed by atoms with Crippen LogP contribution in [0.2, 0.25) is 0 Å². The average molecular weight is 347 g/mol. The summed E-state index contributed by atoms with van der Waals surface area (Å²) in [5.41, 5.74) is 2.85. The van der Waals surface area contributed by atoms with Gasteiger partial charge in [0.2, 0.25) is 5.16 Å². The standard InChI is InChI=1S/C15H13N3O3S2/c1-8-4-5-9(6-16-8)11-12-10(22-13(11)14(19)21-2)7-17-15(18-12)23(3)20/h4-7H,1-3H3/t23-/m1/s1. The van der Waals surface area contributed by atoms with Gasteiger partial charge < -0.3 is 4.74 Å². The second-order valence-corrected chi connectivity index (χ2v) is 7.13. The zero-order valence-corrected chi connectivity index (χ0v) is 14.3. The molecule has 0 amide bonds. The molecule has 8 heteroatoms. The molecule has 3 heterocycles. The van der Waals surface area contributed by atoms with Gasteiger partial charge in [-0.05, 0) is 13.0 Å². The minimum atomic E-state index is -1.31. The lowest BCUT2D eigenvalue weighted by Crippen LogP contribution is -2.01. The molecule has 3 rings (SSSR count). The third kappa shape index (κ3) is 2.87. The largest absolute Gasteiger partial charge is 0.465 e. The van der Waals surface area contributed by atoms with Crippen molar-refractivity contribution >= 4 is 38.3 Å². The van der Waals surface area contributed by atoms with Crippen LogP contribution in [-0.4, -0.2) is 38.5 Å². The summed E-state index contributed by atoms with van der Waals surface area (Å²) >= 11 is 1.25. The van der Waals surface area contributed by atoms with Gasteiger partial charge in [0.25, 0.3) is 0 Å². The topological polar surface area (TPSA) is 82.0 Å². The van der Waals surface area contributed by atoms with Gasteiger partial charge in [-0.15, -0.1) is 11.3 Å². The van der Waals surface area contributed by atoms with Gasteiger partial charge >= 0.3 is 5.97 Å². The molecule has 0 N–H and O–H groups in total. The van der Waals surface area contributed by atoms with Crippen molar-refractivity contribution in [3.63, 3.8) is 0 Å². The third-order valence-electron chi connectivity index (χ3n) is 3.24. The molecule has 0 aliphatic rings. The van der Waals surface area contributed by atoms with E-state index in [2.05, 4.69) is 15.0 Å². The van der Waals surface area contributed by atoms with Crippen molar-refractivity contribution in [1.82, 2.24) is 15.0 Å². The zero-order chi connectivity index (χ0) is 16.6. The molecule has 0 unspecified atom stereocenters. The number of carbonyl (C=O) groups excluding carboxylic acids is 1. The van der Waals surface area contributed by atoms with E-state index in [-0.39, 0.29) is 5.16 Å². The fraction of sp³-hybridized carbons (Fsp3) is 0.200. The molecule has 0 aliphatic carbocycles. The molecule has 3 aromatic heterocycles. The maximum absolute atomic E-state index is 12.1. The van der Waals surface area contributed by atoms with E-state index in [1.165, 1.54) is 24.7 Å². The van der Waals surface area contributed by atoms with Gasteiger partial charge in [-0.1, -0.05) is 6.07 Å². The number of aryl methyl sites for hydroxylation is 1. The van der Waals surface area contributed by atoms with Crippen LogP contribution in [-0.2, 0) is 15.5 Å². The predicted molar refractivity (Wildman–Crippen MR) is 89.1 cm³/mol. The number of carbonyl (C=O) groups is 1. The number of ether oxygens (including phenoxy) is 1. The summed E-state index contributed by atoms with van der Waals surface area (Å²) in [6, 6.07) is 3.74. The van der Waals surface area contributed by atoms with Crippen molar-refractivity contribution in [1.29, 1.82) is 0 Å². The minimum Gasteiger partial charge on any atom is -0.465 e. The third-order valence-corrected chi connectivity index (χ3v) is 5.04. The first-order valence-electron chi connectivity index (χ1n) is 6.65. The van der Waals surface area contributed by atoms with Gasteiger partial charge in [0.1, 0.15) is 4.88 Å². The maximum Gasteiger partial charge on any atom is 0.348 e. The molecule has 1 atom stereocenters. The first-order valence-corrected chi connectivity index (χ1v) is 9.03. The highest BCUT2D eigenvalue weighted by atomic mass is 32.2. The smallest absolute Gasteiger partial charge is 0.348 e. The van der Waals surface area contributed by atoms with Crippen LogP contribution in [0.5, 0.6) is 0 Å². The number of fused-ring (bicyclic) bond motifs is 1. The number of pyridine rings is 1. The van der Waals surface area contributed by atoms with Crippen molar-refractivity contribution in [3.05, 3.63) is 35.1 Å². The molecular formula is C15H13N3O3S2. The van der Waals surface area contributed by atoms with E-state index >= 15 is 0 Å². The van der Waals surface area contributed by atoms with Gasteiger partial charge in [0.05, 0.1) is 28.1 Å². The van der Waals surface area contributed by atoms with E-state index in [9.17, 15) is 9.00 Å². The summed E-state index contributed by atoms with van der Waals surface area (Å²) in [7, 11) is 0.0295. The van der Waals surface area contributed by atoms with Crippen LogP contribution in [0.15, 0.2) is 29.7 Å². The molecule has 6 nitrogen and oxygen atoms in total. The first-order chi connectivity index (χ1) is 11.0. The monoisotopic (exact) mass is 347 g/mol. The second kappa shape index (κ2) is 6.13. The van der Waals surface area contributed by atoms with E-state index in [1.54, 1.807) is 12.4 Å². The molecule has 0 aromatic carbocycles. The molecule has 118 valence electrons. The number of methoxy groups -OCH3 is 1. The van der Waals surface area contributed by atoms with Gasteiger partial charge in [0.15, 0.2) is 0 Å². The Morgan fingerprint density at radius 2 is 2.04 bits per heavy atom. The van der Waals surface area contributed by atoms with Crippen LogP contribution in [0, 0.1) is 6.92 Å². The van der Waals surface area contributed by atoms with Crippen LogP contribution >= 0.6 is 11.3 Å². The number of nitrogens with zero attached hydrogens (tertiary/aromatic N) is 3. The van der Waals surface area contributed by atoms with E-state index < -0.39 is 16.8 Å². The normalized spacial score (nSPS) is 12.3. The first kappa shape index (κ1) is 15.7. The Balaban J connectivity index is 2.33. The van der Waals surface area contributed by atoms with E-state index in [0.717, 1.165) is 16.0 Å². The molecule has 0 bridgehead atoms. The number of aromatic nitrogens is 3. The second-order valence-electron chi connectivity index (χ2n) is 4.81. The number of esters is 1. The molecule has 0 saturated heterocycles. The Bertz CT molecular complexity index is 920. The summed E-state index contributed by atoms with van der Waals surface area (Å²) in [5.74, 6) is -0.442. The summed E-state index contributed by atoms with van der Waals surface area (Å²) < 4.78 is 17.3. The van der Waals surface area contributed by atoms with Crippen LogP contribution < -0.4 is 0 Å². The molecular weight excluding hydrogens is 334 g/mol. The Kier molecular flexibility index (Phi) is 4.18. The number of hydrogen-bond donors (Lipinski definition) is 0. The van der Waals surface area contributed by atoms with Crippen LogP contribution in [0.25, 0.3) is 21.3 Å². The molecule has 0 fully saturated rings. The zero-order valence-electron chi connectivity index (χ0n) is 12.7. The number of rotatable bonds is 3. The summed E-state index contributed by atoms with van der Waals surface area (Å²) in [6.45, 7) is 1.89. The Labute approximate surface area is 139 Å². The minimum absolute atomic E-state index is 0.230. The quantitative estimate of drug-likeness (QED) is 0.535. The summed E-state index contributed by atoms with van der Waals surface area (Å²) in [5, 5.41) is 0.230. The maximum atomic E-state index is 12.1. The molecule has 0 radical (unpaired) electrons. The van der Waals surface area contributed by atoms with E-state index in [0.29, 0.717) is 16.0 Å². The van der Waals surface area contributed by atoms with Crippen LogP contribution in [0.3, 0.4) is 0 Å². The average Bonchev–Trinajstić information content (AvgIpc) is 2.93. The Hall–Kier alpha value is -2.19. The number of thiophene rings is 1. The highest BCUT2D eigenvalue weighted by molar-refractivity contribution is 7.84. The van der Waals surface area contributed by atoms with Gasteiger partial charge in [-0.3, -0.25) is 9.19 Å². The number of hydrogen-bond acceptors (Lipinski definition) is 7. The van der Waals surface area contributed by atoms with Gasteiger partial charge in [-0.2, -0.15) is 0 Å². The van der Waals surface area contributed by atoms with Crippen molar-refractivity contribution in [2.75, 3.05) is 13.4 Å². The predicted octanol–water partition coefficient (Wildman–Crippen LogP) is 2.59. The lowest BCUT2D eigenvalue weighted by molar-refractivity contribution is 0.0607. The molecule has 0 saturated carbocycles. The van der Waals surface area contributed by atoms with E-state index in [1.807, 2.05) is 19.1 Å². The van der Waals surface area contributed by atoms with Crippen molar-refractivity contribution in [2.45, 2.75) is 12.1 Å². The lowest BCUT2D eigenvalue weighted by atomic mass is 10.1. The Morgan fingerprint density at radius 3 is 2.65 bits per heavy atom. The van der Waals surface area contributed by atoms with Crippen molar-refractivity contribution in [2.24, 2.45) is 0 Å². The van der Waals surface area contributed by atoms with Crippen molar-refractivity contribution < 1.29 is 13.7 Å². The highest BCUT2D eigenvalue weighted by Crippen LogP contribution is 2.37. The molecule has 23 heavy (non-hydrogen) atoms. The fourth-order valence-electron chi connectivity index (χ4n) is 2.14. The van der Waals surface area contributed by atoms with Crippen LogP contribution in [0.4, 0.5) is 0 Å². The highest BCUT2D eigenvalue weighted by Gasteiger charge is 2.22. The summed E-state index contributed by atoms with van der Waals surface area (Å²) in [4.78, 5) is 25.3. The molecule has 0 spiro atoms. The molecule has 0 aliphatic heterocycles. The Morgan fingerprint density at radius 1 is 1.26 bits per heavy atom. The fourth-order valence-corrected chi connectivity index (χ4v) is 3.61. The molecule has 3 aromatic rings.